The van der Waals surface area contributed by atoms with Gasteiger partial charge in [0.25, 0.3) is 10.0 Å². The first-order chi connectivity index (χ1) is 12.0. The minimum Gasteiger partial charge on any atom is -0.465 e. The molecule has 0 atom stereocenters. The standard InChI is InChI=1S/C15H15BrN2O6S2/c1-24-15(19)13-8-12(6-7-14(13)16)26(22,23)18-11-4-2-10(3-5-11)9-25(17,20)21/h2-8,18H,9H2,1H3,(H2,17,20,21). The Bertz CT molecular complexity index is 1030. The average molecular weight is 463 g/mol. The van der Waals surface area contributed by atoms with Crippen molar-refractivity contribution in [1.29, 1.82) is 0 Å². The molecule has 0 aromatic heterocycles. The summed E-state index contributed by atoms with van der Waals surface area (Å²) in [5, 5.41) is 4.96. The third kappa shape index (κ3) is 5.27. The van der Waals surface area contributed by atoms with Gasteiger partial charge < -0.3 is 4.74 Å². The molecule has 0 heterocycles. The monoisotopic (exact) mass is 462 g/mol. The molecule has 0 fully saturated rings. The summed E-state index contributed by atoms with van der Waals surface area (Å²) in [5.41, 5.74) is 0.719. The summed E-state index contributed by atoms with van der Waals surface area (Å²) in [6.45, 7) is 0. The Balaban J connectivity index is 2.27. The number of hydrogen-bond donors (Lipinski definition) is 2. The van der Waals surface area contributed by atoms with Crippen LogP contribution in [0, 0.1) is 0 Å². The van der Waals surface area contributed by atoms with Crippen molar-refractivity contribution < 1.29 is 26.4 Å². The molecular formula is C15H15BrN2O6S2. The van der Waals surface area contributed by atoms with E-state index in [1.54, 1.807) is 0 Å². The van der Waals surface area contributed by atoms with Gasteiger partial charge in [-0.2, -0.15) is 0 Å². The van der Waals surface area contributed by atoms with E-state index in [0.29, 0.717) is 10.0 Å². The molecule has 0 saturated carbocycles. The lowest BCUT2D eigenvalue weighted by atomic mass is 10.2. The van der Waals surface area contributed by atoms with Crippen LogP contribution in [-0.2, 0) is 30.5 Å². The molecule has 2 aromatic rings. The Morgan fingerprint density at radius 1 is 1.12 bits per heavy atom. The number of methoxy groups -OCH3 is 1. The van der Waals surface area contributed by atoms with Crippen LogP contribution < -0.4 is 9.86 Å². The fraction of sp³-hybridized carbons (Fsp3) is 0.133. The van der Waals surface area contributed by atoms with Gasteiger partial charge in [-0.3, -0.25) is 4.72 Å². The maximum absolute atomic E-state index is 12.5. The Kier molecular flexibility index (Phi) is 6.06. The maximum atomic E-state index is 12.5. The summed E-state index contributed by atoms with van der Waals surface area (Å²) in [4.78, 5) is 11.6. The minimum atomic E-state index is -3.96. The molecule has 8 nitrogen and oxygen atoms in total. The van der Waals surface area contributed by atoms with Crippen LogP contribution in [0.2, 0.25) is 0 Å². The zero-order valence-corrected chi connectivity index (χ0v) is 16.7. The molecule has 0 unspecified atom stereocenters. The van der Waals surface area contributed by atoms with Gasteiger partial charge in [0.05, 0.1) is 23.3 Å². The molecule has 26 heavy (non-hydrogen) atoms. The summed E-state index contributed by atoms with van der Waals surface area (Å²) in [6.07, 6.45) is 0. The van der Waals surface area contributed by atoms with Gasteiger partial charge in [0.1, 0.15) is 0 Å². The van der Waals surface area contributed by atoms with E-state index in [9.17, 15) is 21.6 Å². The first-order valence-corrected chi connectivity index (χ1v) is 11.0. The molecule has 140 valence electrons. The second-order valence-corrected chi connectivity index (χ2v) is 9.39. The number of sulfonamides is 2. The van der Waals surface area contributed by atoms with Crippen molar-refractivity contribution in [2.75, 3.05) is 11.8 Å². The van der Waals surface area contributed by atoms with E-state index < -0.39 is 26.0 Å². The number of ether oxygens (including phenoxy) is 1. The van der Waals surface area contributed by atoms with Crippen LogP contribution in [0.25, 0.3) is 0 Å². The van der Waals surface area contributed by atoms with Crippen molar-refractivity contribution in [3.05, 3.63) is 58.1 Å². The lowest BCUT2D eigenvalue weighted by Gasteiger charge is -2.10. The van der Waals surface area contributed by atoms with Crippen molar-refractivity contribution >= 4 is 47.6 Å². The topological polar surface area (TPSA) is 133 Å². The Morgan fingerprint density at radius 3 is 2.27 bits per heavy atom. The summed E-state index contributed by atoms with van der Waals surface area (Å²) in [6, 6.07) is 9.67. The molecule has 0 saturated heterocycles. The maximum Gasteiger partial charge on any atom is 0.339 e. The number of nitrogens with two attached hydrogens (primary N) is 1. The van der Waals surface area contributed by atoms with Gasteiger partial charge in [-0.25, -0.2) is 26.8 Å². The van der Waals surface area contributed by atoms with Crippen LogP contribution >= 0.6 is 15.9 Å². The van der Waals surface area contributed by atoms with Gasteiger partial charge in [0.2, 0.25) is 10.0 Å². The molecule has 2 rings (SSSR count). The number of hydrogen-bond acceptors (Lipinski definition) is 6. The highest BCUT2D eigenvalue weighted by molar-refractivity contribution is 9.10. The predicted molar refractivity (Wildman–Crippen MR) is 99.5 cm³/mol. The van der Waals surface area contributed by atoms with Crippen molar-refractivity contribution in [3.63, 3.8) is 0 Å². The highest BCUT2D eigenvalue weighted by Crippen LogP contribution is 2.23. The number of primary sulfonamides is 1. The van der Waals surface area contributed by atoms with Gasteiger partial charge in [-0.1, -0.05) is 12.1 Å². The molecule has 3 N–H and O–H groups in total. The number of carbonyl (C=O) groups is 1. The Hall–Kier alpha value is -1.95. The van der Waals surface area contributed by atoms with Gasteiger partial charge in [0.15, 0.2) is 0 Å². The fourth-order valence-electron chi connectivity index (χ4n) is 2.05. The molecule has 2 aromatic carbocycles. The second kappa shape index (κ2) is 7.74. The van der Waals surface area contributed by atoms with E-state index in [-0.39, 0.29) is 21.9 Å². The predicted octanol–water partition coefficient (Wildman–Crippen LogP) is 1.82. The van der Waals surface area contributed by atoms with Crippen LogP contribution in [-0.4, -0.2) is 29.9 Å². The SMILES string of the molecule is COC(=O)c1cc(S(=O)(=O)Nc2ccc(CS(N)(=O)=O)cc2)ccc1Br. The van der Waals surface area contributed by atoms with Crippen LogP contribution in [0.3, 0.4) is 0 Å². The van der Waals surface area contributed by atoms with Gasteiger partial charge in [0, 0.05) is 10.2 Å². The fourth-order valence-corrected chi connectivity index (χ4v) is 4.20. The molecule has 11 heteroatoms. The zero-order chi connectivity index (χ0) is 19.5. The van der Waals surface area contributed by atoms with E-state index in [0.717, 1.165) is 0 Å². The van der Waals surface area contributed by atoms with Crippen molar-refractivity contribution in [2.45, 2.75) is 10.6 Å². The summed E-state index contributed by atoms with van der Waals surface area (Å²) in [7, 11) is -6.45. The van der Waals surface area contributed by atoms with Gasteiger partial charge in [-0.15, -0.1) is 0 Å². The van der Waals surface area contributed by atoms with Crippen molar-refractivity contribution in [3.8, 4) is 0 Å². The summed E-state index contributed by atoms with van der Waals surface area (Å²) in [5.74, 6) is -1.03. The second-order valence-electron chi connectivity index (χ2n) is 5.24. The molecule has 0 aliphatic heterocycles. The number of carbonyl (C=O) groups excluding carboxylic acids is 1. The molecule has 0 amide bonds. The smallest absolute Gasteiger partial charge is 0.339 e. The Labute approximate surface area is 159 Å². The van der Waals surface area contributed by atoms with Crippen molar-refractivity contribution in [1.82, 2.24) is 0 Å². The average Bonchev–Trinajstić information content (AvgIpc) is 2.54. The van der Waals surface area contributed by atoms with Crippen molar-refractivity contribution in [2.24, 2.45) is 5.14 Å². The molecule has 0 radical (unpaired) electrons. The lowest BCUT2D eigenvalue weighted by Crippen LogP contribution is -2.15. The van der Waals surface area contributed by atoms with Gasteiger partial charge in [-0.05, 0) is 51.8 Å². The van der Waals surface area contributed by atoms with E-state index in [4.69, 9.17) is 5.14 Å². The van der Waals surface area contributed by atoms with E-state index >= 15 is 0 Å². The highest BCUT2D eigenvalue weighted by atomic mass is 79.9. The first kappa shape index (κ1) is 20.4. The zero-order valence-electron chi connectivity index (χ0n) is 13.5. The number of nitrogens with one attached hydrogen (secondary N) is 1. The normalized spacial score (nSPS) is 11.8. The first-order valence-electron chi connectivity index (χ1n) is 7.02. The number of anilines is 1. The Morgan fingerprint density at radius 2 is 1.73 bits per heavy atom. The number of halogens is 1. The molecular weight excluding hydrogens is 448 g/mol. The molecule has 0 aliphatic carbocycles. The molecule has 0 aliphatic rings. The lowest BCUT2D eigenvalue weighted by molar-refractivity contribution is 0.0599. The summed E-state index contributed by atoms with van der Waals surface area (Å²) < 4.78 is 54.5. The molecule has 0 bridgehead atoms. The quantitative estimate of drug-likeness (QED) is 0.628. The van der Waals surface area contributed by atoms with Crippen LogP contribution in [0.1, 0.15) is 15.9 Å². The van der Waals surface area contributed by atoms with Crippen LogP contribution in [0.15, 0.2) is 51.8 Å². The highest BCUT2D eigenvalue weighted by Gasteiger charge is 2.19. The van der Waals surface area contributed by atoms with Crippen LogP contribution in [0.5, 0.6) is 0 Å². The third-order valence-corrected chi connectivity index (χ3v) is 6.03. The summed E-state index contributed by atoms with van der Waals surface area (Å²) >= 11 is 3.16. The van der Waals surface area contributed by atoms with Crippen LogP contribution in [0.4, 0.5) is 5.69 Å². The molecule has 0 spiro atoms. The van der Waals surface area contributed by atoms with E-state index in [1.807, 2.05) is 0 Å². The number of esters is 1. The van der Waals surface area contributed by atoms with E-state index in [2.05, 4.69) is 25.4 Å². The third-order valence-electron chi connectivity index (χ3n) is 3.23. The van der Waals surface area contributed by atoms with E-state index in [1.165, 1.54) is 49.6 Å². The number of rotatable bonds is 6. The minimum absolute atomic E-state index is 0.0684. The largest absolute Gasteiger partial charge is 0.465 e. The van der Waals surface area contributed by atoms with Gasteiger partial charge >= 0.3 is 5.97 Å². The number of benzene rings is 2.